The standard InChI is InChI=1S/C12H14N2O2S/c13-10-12(6-8-17(15,16)9-7-12)14-11-4-2-1-3-5-11/h1-5,14H,6-9H2. The zero-order chi connectivity index (χ0) is 12.4. The van der Waals surface area contributed by atoms with Crippen LogP contribution in [0.25, 0.3) is 0 Å². The highest BCUT2D eigenvalue weighted by molar-refractivity contribution is 7.91. The number of nitriles is 1. The second-order valence-electron chi connectivity index (χ2n) is 4.34. The first-order valence-corrected chi connectivity index (χ1v) is 7.32. The number of nitrogens with zero attached hydrogens (tertiary/aromatic N) is 1. The summed E-state index contributed by atoms with van der Waals surface area (Å²) in [6.07, 6.45) is 0.696. The smallest absolute Gasteiger partial charge is 0.150 e. The van der Waals surface area contributed by atoms with Crippen molar-refractivity contribution in [2.75, 3.05) is 16.8 Å². The largest absolute Gasteiger partial charge is 0.367 e. The summed E-state index contributed by atoms with van der Waals surface area (Å²) in [4.78, 5) is 0. The number of sulfone groups is 1. The van der Waals surface area contributed by atoms with Gasteiger partial charge in [-0.3, -0.25) is 0 Å². The zero-order valence-corrected chi connectivity index (χ0v) is 10.2. The first-order valence-electron chi connectivity index (χ1n) is 5.50. The molecule has 1 N–H and O–H groups in total. The molecule has 0 aliphatic carbocycles. The van der Waals surface area contributed by atoms with Gasteiger partial charge in [-0.1, -0.05) is 18.2 Å². The Hall–Kier alpha value is -1.54. The van der Waals surface area contributed by atoms with E-state index in [4.69, 9.17) is 0 Å². The summed E-state index contributed by atoms with van der Waals surface area (Å²) in [5.74, 6) is 0.167. The molecule has 1 fully saturated rings. The minimum atomic E-state index is -2.95. The first kappa shape index (κ1) is 11.9. The van der Waals surface area contributed by atoms with E-state index in [1.165, 1.54) is 0 Å². The van der Waals surface area contributed by atoms with E-state index in [-0.39, 0.29) is 11.5 Å². The van der Waals surface area contributed by atoms with Crippen LogP contribution in [0, 0.1) is 11.3 Å². The van der Waals surface area contributed by atoms with Crippen LogP contribution in [0.1, 0.15) is 12.8 Å². The van der Waals surface area contributed by atoms with Crippen molar-refractivity contribution in [3.05, 3.63) is 30.3 Å². The van der Waals surface area contributed by atoms with Crippen LogP contribution in [0.5, 0.6) is 0 Å². The molecule has 1 saturated heterocycles. The van der Waals surface area contributed by atoms with Gasteiger partial charge in [-0.15, -0.1) is 0 Å². The molecule has 0 amide bonds. The van der Waals surface area contributed by atoms with E-state index in [1.54, 1.807) is 0 Å². The summed E-state index contributed by atoms with van der Waals surface area (Å²) in [5.41, 5.74) is 0.112. The maximum atomic E-state index is 11.4. The predicted molar refractivity (Wildman–Crippen MR) is 66.3 cm³/mol. The summed E-state index contributed by atoms with van der Waals surface area (Å²) in [6.45, 7) is 0. The number of anilines is 1. The van der Waals surface area contributed by atoms with Gasteiger partial charge in [-0.25, -0.2) is 8.42 Å². The minimum absolute atomic E-state index is 0.0837. The lowest BCUT2D eigenvalue weighted by molar-refractivity contribution is 0.505. The third kappa shape index (κ3) is 2.77. The molecule has 1 aromatic rings. The van der Waals surface area contributed by atoms with E-state index in [0.717, 1.165) is 5.69 Å². The van der Waals surface area contributed by atoms with Gasteiger partial charge in [0.1, 0.15) is 5.54 Å². The molecule has 0 aromatic heterocycles. The van der Waals surface area contributed by atoms with Gasteiger partial charge < -0.3 is 5.32 Å². The number of nitrogens with one attached hydrogen (secondary N) is 1. The Morgan fingerprint density at radius 1 is 1.18 bits per heavy atom. The van der Waals surface area contributed by atoms with Gasteiger partial charge in [-0.05, 0) is 25.0 Å². The lowest BCUT2D eigenvalue weighted by Gasteiger charge is -2.32. The molecule has 0 spiro atoms. The number of rotatable bonds is 2. The fraction of sp³-hybridized carbons (Fsp3) is 0.417. The molecule has 17 heavy (non-hydrogen) atoms. The minimum Gasteiger partial charge on any atom is -0.367 e. The van der Waals surface area contributed by atoms with Crippen LogP contribution in [0.4, 0.5) is 5.69 Å². The predicted octanol–water partition coefficient (Wildman–Crippen LogP) is 1.57. The van der Waals surface area contributed by atoms with Crippen molar-refractivity contribution in [1.82, 2.24) is 0 Å². The van der Waals surface area contributed by atoms with Gasteiger partial charge in [0.25, 0.3) is 0 Å². The van der Waals surface area contributed by atoms with Crippen molar-refractivity contribution in [3.63, 3.8) is 0 Å². The topological polar surface area (TPSA) is 70.0 Å². The maximum absolute atomic E-state index is 11.4. The highest BCUT2D eigenvalue weighted by Crippen LogP contribution is 2.27. The Bertz CT molecular complexity index is 517. The van der Waals surface area contributed by atoms with Crippen molar-refractivity contribution < 1.29 is 8.42 Å². The molecule has 1 heterocycles. The molecule has 0 bridgehead atoms. The number of hydrogen-bond acceptors (Lipinski definition) is 4. The van der Waals surface area contributed by atoms with Gasteiger partial charge in [0.05, 0.1) is 17.6 Å². The van der Waals surface area contributed by atoms with E-state index in [0.29, 0.717) is 12.8 Å². The first-order chi connectivity index (χ1) is 8.05. The summed E-state index contributed by atoms with van der Waals surface area (Å²) >= 11 is 0. The molecule has 0 saturated carbocycles. The molecule has 1 aliphatic heterocycles. The van der Waals surface area contributed by atoms with E-state index in [2.05, 4.69) is 11.4 Å². The van der Waals surface area contributed by atoms with Gasteiger partial charge in [0, 0.05) is 5.69 Å². The van der Waals surface area contributed by atoms with Crippen molar-refractivity contribution in [1.29, 1.82) is 5.26 Å². The normalized spacial score (nSPS) is 21.4. The van der Waals surface area contributed by atoms with E-state index < -0.39 is 15.4 Å². The summed E-state index contributed by atoms with van der Waals surface area (Å²) < 4.78 is 22.7. The number of para-hydroxylation sites is 1. The molecule has 1 aliphatic rings. The maximum Gasteiger partial charge on any atom is 0.150 e. The molecular weight excluding hydrogens is 236 g/mol. The molecule has 1 aromatic carbocycles. The van der Waals surface area contributed by atoms with Crippen LogP contribution in [0.3, 0.4) is 0 Å². The lowest BCUT2D eigenvalue weighted by Crippen LogP contribution is -2.44. The Morgan fingerprint density at radius 3 is 2.29 bits per heavy atom. The average Bonchev–Trinajstić information content (AvgIpc) is 2.34. The Kier molecular flexibility index (Phi) is 3.07. The van der Waals surface area contributed by atoms with Crippen LogP contribution in [-0.2, 0) is 9.84 Å². The Labute approximate surface area is 101 Å². The van der Waals surface area contributed by atoms with Gasteiger partial charge in [-0.2, -0.15) is 5.26 Å². The average molecular weight is 250 g/mol. The Morgan fingerprint density at radius 2 is 1.76 bits per heavy atom. The fourth-order valence-electron chi connectivity index (χ4n) is 1.95. The van der Waals surface area contributed by atoms with Crippen LogP contribution < -0.4 is 5.32 Å². The number of hydrogen-bond donors (Lipinski definition) is 1. The van der Waals surface area contributed by atoms with Crippen molar-refractivity contribution in [2.24, 2.45) is 0 Å². The highest BCUT2D eigenvalue weighted by Gasteiger charge is 2.37. The molecule has 90 valence electrons. The van der Waals surface area contributed by atoms with Gasteiger partial charge in [0.15, 0.2) is 9.84 Å². The van der Waals surface area contributed by atoms with Crippen LogP contribution in [0.15, 0.2) is 30.3 Å². The molecule has 4 nitrogen and oxygen atoms in total. The Balaban J connectivity index is 2.15. The molecule has 0 radical (unpaired) electrons. The molecule has 5 heteroatoms. The third-order valence-corrected chi connectivity index (χ3v) is 4.70. The highest BCUT2D eigenvalue weighted by atomic mass is 32.2. The summed E-state index contributed by atoms with van der Waals surface area (Å²) in [7, 11) is -2.95. The quantitative estimate of drug-likeness (QED) is 0.865. The van der Waals surface area contributed by atoms with E-state index >= 15 is 0 Å². The lowest BCUT2D eigenvalue weighted by atomic mass is 9.93. The summed E-state index contributed by atoms with van der Waals surface area (Å²) in [5, 5.41) is 12.4. The summed E-state index contributed by atoms with van der Waals surface area (Å²) in [6, 6.07) is 11.6. The third-order valence-electron chi connectivity index (χ3n) is 3.05. The molecule has 0 atom stereocenters. The van der Waals surface area contributed by atoms with Gasteiger partial charge in [0.2, 0.25) is 0 Å². The molecular formula is C12H14N2O2S. The second kappa shape index (κ2) is 4.38. The second-order valence-corrected chi connectivity index (χ2v) is 6.64. The zero-order valence-electron chi connectivity index (χ0n) is 9.39. The SMILES string of the molecule is N#CC1(Nc2ccccc2)CCS(=O)(=O)CC1. The molecule has 0 unspecified atom stereocenters. The van der Waals surface area contributed by atoms with Crippen molar-refractivity contribution >= 4 is 15.5 Å². The van der Waals surface area contributed by atoms with Crippen molar-refractivity contribution in [2.45, 2.75) is 18.4 Å². The van der Waals surface area contributed by atoms with Crippen molar-refractivity contribution in [3.8, 4) is 6.07 Å². The van der Waals surface area contributed by atoms with Crippen LogP contribution in [0.2, 0.25) is 0 Å². The monoisotopic (exact) mass is 250 g/mol. The number of benzene rings is 1. The van der Waals surface area contributed by atoms with Gasteiger partial charge >= 0.3 is 0 Å². The van der Waals surface area contributed by atoms with Crippen LogP contribution in [-0.4, -0.2) is 25.5 Å². The molecule has 2 rings (SSSR count). The van der Waals surface area contributed by atoms with E-state index in [9.17, 15) is 13.7 Å². The fourth-order valence-corrected chi connectivity index (χ4v) is 3.47. The van der Waals surface area contributed by atoms with E-state index in [1.807, 2.05) is 30.3 Å². The van der Waals surface area contributed by atoms with Crippen LogP contribution >= 0.6 is 0 Å².